The van der Waals surface area contributed by atoms with Crippen molar-refractivity contribution >= 4 is 22.9 Å². The van der Waals surface area contributed by atoms with Gasteiger partial charge in [-0.15, -0.1) is 0 Å². The van der Waals surface area contributed by atoms with Crippen molar-refractivity contribution in [3.05, 3.63) is 18.0 Å². The molecule has 0 radical (unpaired) electrons. The van der Waals surface area contributed by atoms with E-state index in [1.54, 1.807) is 0 Å². The standard InChI is InChI=1S/C28H44N6O2/c1-4-5-19(2)30-28-29-16-24-25(18-34(26(24)31-28)22-6-8-23(35)9-7-22)20-11-14-33(15-12-20)27(36)21-10-13-32(3)17-21/h16,18-23,35H,4-15,17H2,1-3H3,(H,29,30,31). The third-order valence-electron chi connectivity index (χ3n) is 8.75. The van der Waals surface area contributed by atoms with Gasteiger partial charge in [0.1, 0.15) is 5.65 Å². The van der Waals surface area contributed by atoms with Crippen molar-refractivity contribution < 1.29 is 9.90 Å². The minimum Gasteiger partial charge on any atom is -0.393 e. The topological polar surface area (TPSA) is 86.5 Å². The minimum absolute atomic E-state index is 0.171. The zero-order chi connectivity index (χ0) is 25.2. The van der Waals surface area contributed by atoms with Crippen LogP contribution in [0, 0.1) is 5.92 Å². The molecule has 2 atom stereocenters. The highest BCUT2D eigenvalue weighted by Crippen LogP contribution is 2.38. The number of rotatable bonds is 7. The average molecular weight is 497 g/mol. The van der Waals surface area contributed by atoms with Crippen molar-refractivity contribution in [1.29, 1.82) is 0 Å². The van der Waals surface area contributed by atoms with Crippen molar-refractivity contribution in [3.8, 4) is 0 Å². The first-order valence-electron chi connectivity index (χ1n) is 14.2. The molecule has 2 aromatic rings. The summed E-state index contributed by atoms with van der Waals surface area (Å²) < 4.78 is 2.37. The highest BCUT2D eigenvalue weighted by Gasteiger charge is 2.33. The predicted octanol–water partition coefficient (Wildman–Crippen LogP) is 4.17. The Bertz CT molecular complexity index is 1040. The van der Waals surface area contributed by atoms with E-state index in [0.717, 1.165) is 95.0 Å². The van der Waals surface area contributed by atoms with Gasteiger partial charge in [-0.3, -0.25) is 4.79 Å². The quantitative estimate of drug-likeness (QED) is 0.599. The molecule has 0 aromatic carbocycles. The Morgan fingerprint density at radius 2 is 1.89 bits per heavy atom. The number of hydrogen-bond acceptors (Lipinski definition) is 6. The Labute approximate surface area is 215 Å². The lowest BCUT2D eigenvalue weighted by molar-refractivity contribution is -0.136. The fourth-order valence-electron chi connectivity index (χ4n) is 6.59. The number of fused-ring (bicyclic) bond motifs is 1. The van der Waals surface area contributed by atoms with Crippen LogP contribution in [0.15, 0.2) is 12.4 Å². The molecule has 4 heterocycles. The molecule has 2 saturated heterocycles. The third kappa shape index (κ3) is 5.40. The molecular weight excluding hydrogens is 452 g/mol. The lowest BCUT2D eigenvalue weighted by atomic mass is 9.89. The SMILES string of the molecule is CCCC(C)Nc1ncc2c(C3CCN(C(=O)C4CCN(C)C4)CC3)cn(C3CCC(O)CC3)c2n1. The maximum Gasteiger partial charge on any atom is 0.227 e. The number of aliphatic hydroxyl groups is 1. The molecule has 2 N–H and O–H groups in total. The first-order valence-corrected chi connectivity index (χ1v) is 14.2. The fraction of sp³-hybridized carbons (Fsp3) is 0.750. The highest BCUT2D eigenvalue weighted by atomic mass is 16.3. The summed E-state index contributed by atoms with van der Waals surface area (Å²) in [5, 5.41) is 14.7. The summed E-state index contributed by atoms with van der Waals surface area (Å²) in [7, 11) is 2.11. The number of piperidine rings is 1. The Balaban J connectivity index is 1.36. The molecule has 5 rings (SSSR count). The van der Waals surface area contributed by atoms with E-state index < -0.39 is 0 Å². The zero-order valence-corrected chi connectivity index (χ0v) is 22.3. The van der Waals surface area contributed by atoms with Gasteiger partial charge in [0.25, 0.3) is 0 Å². The molecule has 1 amide bonds. The van der Waals surface area contributed by atoms with Crippen LogP contribution >= 0.6 is 0 Å². The van der Waals surface area contributed by atoms with Gasteiger partial charge in [-0.1, -0.05) is 13.3 Å². The van der Waals surface area contributed by atoms with Crippen LogP contribution in [0.5, 0.6) is 0 Å². The summed E-state index contributed by atoms with van der Waals surface area (Å²) >= 11 is 0. The second-order valence-corrected chi connectivity index (χ2v) is 11.6. The summed E-state index contributed by atoms with van der Waals surface area (Å²) in [5.74, 6) is 1.64. The molecule has 1 aliphatic carbocycles. The number of likely N-dealkylation sites (tertiary alicyclic amines) is 2. The average Bonchev–Trinajstić information content (AvgIpc) is 3.48. The van der Waals surface area contributed by atoms with Crippen molar-refractivity contribution in [2.45, 2.75) is 95.7 Å². The Morgan fingerprint density at radius 1 is 1.14 bits per heavy atom. The smallest absolute Gasteiger partial charge is 0.227 e. The van der Waals surface area contributed by atoms with E-state index in [1.165, 1.54) is 5.56 Å². The molecule has 8 heteroatoms. The number of nitrogens with zero attached hydrogens (tertiary/aromatic N) is 5. The second-order valence-electron chi connectivity index (χ2n) is 11.6. The summed E-state index contributed by atoms with van der Waals surface area (Å²) in [4.78, 5) is 27.2. The molecular formula is C28H44N6O2. The fourth-order valence-corrected chi connectivity index (χ4v) is 6.59. The minimum atomic E-state index is -0.175. The summed E-state index contributed by atoms with van der Waals surface area (Å²) in [6.07, 6.45) is 13.0. The number of anilines is 1. The van der Waals surface area contributed by atoms with Gasteiger partial charge < -0.3 is 24.8 Å². The van der Waals surface area contributed by atoms with Crippen LogP contribution in [0.4, 0.5) is 5.95 Å². The third-order valence-corrected chi connectivity index (χ3v) is 8.75. The Hall–Kier alpha value is -2.19. The largest absolute Gasteiger partial charge is 0.393 e. The van der Waals surface area contributed by atoms with Crippen LogP contribution in [0.2, 0.25) is 0 Å². The number of carbonyl (C=O) groups excluding carboxylic acids is 1. The molecule has 198 valence electrons. The molecule has 8 nitrogen and oxygen atoms in total. The molecule has 0 bridgehead atoms. The lowest BCUT2D eigenvalue weighted by Crippen LogP contribution is -2.42. The van der Waals surface area contributed by atoms with Gasteiger partial charge in [-0.25, -0.2) is 4.98 Å². The summed E-state index contributed by atoms with van der Waals surface area (Å²) in [6.45, 7) is 7.97. The number of aromatic nitrogens is 3. The molecule has 36 heavy (non-hydrogen) atoms. The van der Waals surface area contributed by atoms with E-state index in [9.17, 15) is 9.90 Å². The molecule has 2 aromatic heterocycles. The Kier molecular flexibility index (Phi) is 7.82. The molecule has 1 saturated carbocycles. The van der Waals surface area contributed by atoms with Crippen molar-refractivity contribution in [2.75, 3.05) is 38.5 Å². The first-order chi connectivity index (χ1) is 17.4. The van der Waals surface area contributed by atoms with Crippen LogP contribution < -0.4 is 5.32 Å². The first kappa shape index (κ1) is 25.5. The van der Waals surface area contributed by atoms with Gasteiger partial charge in [0, 0.05) is 49.5 Å². The van der Waals surface area contributed by atoms with Gasteiger partial charge in [0.05, 0.1) is 12.0 Å². The van der Waals surface area contributed by atoms with Crippen LogP contribution in [-0.4, -0.2) is 80.7 Å². The van der Waals surface area contributed by atoms with Crippen molar-refractivity contribution in [1.82, 2.24) is 24.3 Å². The molecule has 2 unspecified atom stereocenters. The van der Waals surface area contributed by atoms with E-state index >= 15 is 0 Å². The van der Waals surface area contributed by atoms with E-state index in [0.29, 0.717) is 29.9 Å². The van der Waals surface area contributed by atoms with Crippen LogP contribution in [0.25, 0.3) is 11.0 Å². The second kappa shape index (κ2) is 11.1. The zero-order valence-electron chi connectivity index (χ0n) is 22.3. The number of carbonyl (C=O) groups is 1. The summed E-state index contributed by atoms with van der Waals surface area (Å²) in [6, 6.07) is 0.697. The lowest BCUT2D eigenvalue weighted by Gasteiger charge is -2.33. The van der Waals surface area contributed by atoms with Crippen LogP contribution in [0.1, 0.15) is 89.2 Å². The number of nitrogens with one attached hydrogen (secondary N) is 1. The summed E-state index contributed by atoms with van der Waals surface area (Å²) in [5.41, 5.74) is 2.34. The molecule has 3 aliphatic rings. The maximum atomic E-state index is 13.1. The number of amides is 1. The maximum absolute atomic E-state index is 13.1. The van der Waals surface area contributed by atoms with Gasteiger partial charge >= 0.3 is 0 Å². The van der Waals surface area contributed by atoms with E-state index in [-0.39, 0.29) is 12.0 Å². The normalized spacial score (nSPS) is 27.0. The number of hydrogen-bond donors (Lipinski definition) is 2. The molecule has 0 spiro atoms. The van der Waals surface area contributed by atoms with Crippen molar-refractivity contribution in [2.24, 2.45) is 5.92 Å². The van der Waals surface area contributed by atoms with Gasteiger partial charge in [-0.05, 0) is 83.4 Å². The van der Waals surface area contributed by atoms with Gasteiger partial charge in [-0.2, -0.15) is 4.98 Å². The van der Waals surface area contributed by atoms with Gasteiger partial charge in [0.15, 0.2) is 0 Å². The number of aliphatic hydroxyl groups excluding tert-OH is 1. The van der Waals surface area contributed by atoms with E-state index in [4.69, 9.17) is 9.97 Å². The molecule has 3 fully saturated rings. The monoisotopic (exact) mass is 496 g/mol. The van der Waals surface area contributed by atoms with E-state index in [2.05, 4.69) is 46.8 Å². The van der Waals surface area contributed by atoms with Crippen molar-refractivity contribution in [3.63, 3.8) is 0 Å². The Morgan fingerprint density at radius 3 is 2.56 bits per heavy atom. The van der Waals surface area contributed by atoms with Gasteiger partial charge in [0.2, 0.25) is 11.9 Å². The predicted molar refractivity (Wildman–Crippen MR) is 143 cm³/mol. The van der Waals surface area contributed by atoms with E-state index in [1.807, 2.05) is 6.20 Å². The molecule has 2 aliphatic heterocycles. The van der Waals surface area contributed by atoms with Crippen LogP contribution in [-0.2, 0) is 4.79 Å². The highest BCUT2D eigenvalue weighted by molar-refractivity contribution is 5.82. The van der Waals surface area contributed by atoms with Crippen LogP contribution in [0.3, 0.4) is 0 Å².